The molecule has 1 fully saturated rings. The van der Waals surface area contributed by atoms with Crippen molar-refractivity contribution in [1.29, 1.82) is 0 Å². The number of hydrogen-bond acceptors (Lipinski definition) is 7. The van der Waals surface area contributed by atoms with Crippen molar-refractivity contribution in [2.45, 2.75) is 38.0 Å². The van der Waals surface area contributed by atoms with Crippen molar-refractivity contribution in [2.24, 2.45) is 10.9 Å². The van der Waals surface area contributed by atoms with Gasteiger partial charge in [0.05, 0.1) is 44.3 Å². The van der Waals surface area contributed by atoms with E-state index in [2.05, 4.69) is 20.4 Å². The smallest absolute Gasteiger partial charge is 0.407 e. The number of amides is 2. The minimum Gasteiger partial charge on any atom is -0.477 e. The molecule has 0 unspecified atom stereocenters. The van der Waals surface area contributed by atoms with E-state index >= 15 is 0 Å². The molecular weight excluding hydrogens is 344 g/mol. The van der Waals surface area contributed by atoms with Crippen LogP contribution in [0.4, 0.5) is 4.79 Å². The van der Waals surface area contributed by atoms with Crippen molar-refractivity contribution in [3.63, 3.8) is 0 Å². The first kappa shape index (κ1) is 18.2. The fraction of sp³-hybridized carbons (Fsp3) is 0.625. The van der Waals surface area contributed by atoms with Gasteiger partial charge in [0.15, 0.2) is 0 Å². The number of β-lactam (4-membered cyclic amide) rings is 1. The van der Waals surface area contributed by atoms with Crippen LogP contribution in [0.15, 0.2) is 16.3 Å². The molecule has 0 radical (unpaired) electrons. The summed E-state index contributed by atoms with van der Waals surface area (Å²) in [5.41, 5.74) is 0.703. The number of carboxylic acid groups (broad SMARTS) is 1. The van der Waals surface area contributed by atoms with Crippen molar-refractivity contribution in [3.8, 4) is 0 Å². The minimum atomic E-state index is -1.13. The summed E-state index contributed by atoms with van der Waals surface area (Å²) < 4.78 is 4.49. The van der Waals surface area contributed by atoms with Gasteiger partial charge in [-0.2, -0.15) is 0 Å². The zero-order valence-corrected chi connectivity index (χ0v) is 14.6. The van der Waals surface area contributed by atoms with Gasteiger partial charge in [0.2, 0.25) is 5.91 Å². The maximum atomic E-state index is 12.2. The van der Waals surface area contributed by atoms with Crippen molar-refractivity contribution in [2.75, 3.05) is 20.2 Å². The van der Waals surface area contributed by atoms with Crippen LogP contribution in [0.3, 0.4) is 0 Å². The number of fused-ring (bicyclic) bond motifs is 1. The van der Waals surface area contributed by atoms with Crippen LogP contribution in [0.25, 0.3) is 0 Å². The highest BCUT2D eigenvalue weighted by Gasteiger charge is 2.56. The molecule has 2 amide bonds. The molecule has 3 aliphatic rings. The van der Waals surface area contributed by atoms with Crippen LogP contribution >= 0.6 is 0 Å². The largest absolute Gasteiger partial charge is 0.477 e. The number of hydrogen-bond donors (Lipinski definition) is 4. The molecule has 0 aliphatic carbocycles. The number of rotatable bonds is 6. The third-order valence-electron chi connectivity index (χ3n) is 4.97. The molecule has 4 atom stereocenters. The number of alkyl carbamates (subject to hydrolysis) is 1. The third-order valence-corrected chi connectivity index (χ3v) is 4.97. The van der Waals surface area contributed by atoms with Crippen LogP contribution < -0.4 is 10.6 Å². The van der Waals surface area contributed by atoms with E-state index in [9.17, 15) is 24.6 Å². The number of aliphatic hydroxyl groups excluding tert-OH is 1. The van der Waals surface area contributed by atoms with Crippen LogP contribution in [-0.2, 0) is 14.3 Å². The number of nitrogens with one attached hydrogen (secondary N) is 2. The van der Waals surface area contributed by atoms with Gasteiger partial charge >= 0.3 is 12.1 Å². The summed E-state index contributed by atoms with van der Waals surface area (Å²) in [7, 11) is 1.27. The normalized spacial score (nSPS) is 28.1. The molecule has 0 aromatic rings. The Morgan fingerprint density at radius 3 is 2.85 bits per heavy atom. The monoisotopic (exact) mass is 366 g/mol. The van der Waals surface area contributed by atoms with Crippen LogP contribution in [-0.4, -0.2) is 77.3 Å². The van der Waals surface area contributed by atoms with Gasteiger partial charge < -0.3 is 30.5 Å². The van der Waals surface area contributed by atoms with Crippen LogP contribution in [0, 0.1) is 5.92 Å². The molecule has 3 heterocycles. The summed E-state index contributed by atoms with van der Waals surface area (Å²) in [6, 6.07) is -0.390. The van der Waals surface area contributed by atoms with Crippen molar-refractivity contribution in [1.82, 2.24) is 15.5 Å². The van der Waals surface area contributed by atoms with E-state index in [-0.39, 0.29) is 30.2 Å². The summed E-state index contributed by atoms with van der Waals surface area (Å²) in [5, 5.41) is 25.0. The molecule has 0 aromatic carbocycles. The Balaban J connectivity index is 1.63. The van der Waals surface area contributed by atoms with E-state index in [1.165, 1.54) is 12.0 Å². The summed E-state index contributed by atoms with van der Waals surface area (Å²) in [5.74, 6) is -1.42. The molecule has 0 saturated carbocycles. The van der Waals surface area contributed by atoms with Gasteiger partial charge in [-0.05, 0) is 25.3 Å². The molecule has 0 aromatic heterocycles. The lowest BCUT2D eigenvalue weighted by Crippen LogP contribution is -2.61. The Morgan fingerprint density at radius 1 is 1.50 bits per heavy atom. The van der Waals surface area contributed by atoms with Gasteiger partial charge in [0, 0.05) is 0 Å². The zero-order valence-electron chi connectivity index (χ0n) is 14.6. The molecule has 0 spiro atoms. The molecule has 0 bridgehead atoms. The van der Waals surface area contributed by atoms with E-state index in [0.29, 0.717) is 30.8 Å². The average molecular weight is 366 g/mol. The topological polar surface area (TPSA) is 141 Å². The molecule has 10 nitrogen and oxygen atoms in total. The minimum absolute atomic E-state index is 0.0276. The second-order valence-electron chi connectivity index (χ2n) is 6.68. The van der Waals surface area contributed by atoms with Gasteiger partial charge in [-0.15, -0.1) is 0 Å². The predicted octanol–water partition coefficient (Wildman–Crippen LogP) is -0.947. The molecule has 26 heavy (non-hydrogen) atoms. The third kappa shape index (κ3) is 3.12. The van der Waals surface area contributed by atoms with E-state index < -0.39 is 24.1 Å². The number of amidine groups is 1. The van der Waals surface area contributed by atoms with Crippen LogP contribution in [0.2, 0.25) is 0 Å². The lowest BCUT2D eigenvalue weighted by atomic mass is 9.82. The number of nitrogens with zero attached hydrogens (tertiary/aromatic N) is 2. The highest BCUT2D eigenvalue weighted by Crippen LogP contribution is 2.44. The maximum absolute atomic E-state index is 12.2. The fourth-order valence-electron chi connectivity index (χ4n) is 3.84. The van der Waals surface area contributed by atoms with Gasteiger partial charge in [0.25, 0.3) is 0 Å². The van der Waals surface area contributed by atoms with Crippen molar-refractivity contribution >= 4 is 23.8 Å². The highest BCUT2D eigenvalue weighted by atomic mass is 16.5. The quantitative estimate of drug-likeness (QED) is 0.444. The maximum Gasteiger partial charge on any atom is 0.407 e. The Labute approximate surface area is 149 Å². The first-order chi connectivity index (χ1) is 12.3. The number of aliphatic carboxylic acids is 1. The highest BCUT2D eigenvalue weighted by molar-refractivity contribution is 5.99. The zero-order chi connectivity index (χ0) is 19.0. The number of carbonyl (C=O) groups is 3. The number of aliphatic hydroxyl groups is 1. The van der Waals surface area contributed by atoms with Gasteiger partial charge in [-0.3, -0.25) is 9.79 Å². The first-order valence-electron chi connectivity index (χ1n) is 8.41. The lowest BCUT2D eigenvalue weighted by molar-refractivity contribution is -0.161. The average Bonchev–Trinajstić information content (AvgIpc) is 3.15. The SMILES string of the molecule is COC(=O)NCC1=NC[C@@H](CC2=C(C(=O)O)N3C(=O)[C@H]([C@@H](C)O)[C@H]3C2)N1. The standard InChI is InChI=1S/C16H22N4O6/c1-7(21)12-10-4-8(13(15(23)24)20(10)14(12)22)3-9-5-17-11(19-9)6-18-16(25)26-2/h7,9-10,12,21H,3-6H2,1-2H3,(H,17,19)(H,18,25)(H,23,24)/t7-,9-,10-,12-/m1/s1. The van der Waals surface area contributed by atoms with E-state index in [1.54, 1.807) is 6.92 Å². The molecule has 142 valence electrons. The fourth-order valence-corrected chi connectivity index (χ4v) is 3.84. The molecule has 10 heteroatoms. The Kier molecular flexibility index (Phi) is 4.86. The molecule has 3 rings (SSSR count). The van der Waals surface area contributed by atoms with E-state index in [1.807, 2.05) is 0 Å². The number of carbonyl (C=O) groups excluding carboxylic acids is 2. The van der Waals surface area contributed by atoms with Gasteiger partial charge in [0.1, 0.15) is 11.5 Å². The van der Waals surface area contributed by atoms with Gasteiger partial charge in [-0.1, -0.05) is 0 Å². The number of ether oxygens (including phenoxy) is 1. The van der Waals surface area contributed by atoms with Crippen molar-refractivity contribution < 1.29 is 29.3 Å². The Bertz CT molecular complexity index is 701. The first-order valence-corrected chi connectivity index (χ1v) is 8.41. The molecular formula is C16H22N4O6. The number of carboxylic acids is 1. The second kappa shape index (κ2) is 6.94. The molecule has 3 aliphatic heterocycles. The summed E-state index contributed by atoms with van der Waals surface area (Å²) in [4.78, 5) is 40.5. The summed E-state index contributed by atoms with van der Waals surface area (Å²) >= 11 is 0. The number of methoxy groups -OCH3 is 1. The van der Waals surface area contributed by atoms with Crippen molar-refractivity contribution in [3.05, 3.63) is 11.3 Å². The Morgan fingerprint density at radius 2 is 2.23 bits per heavy atom. The van der Waals surface area contributed by atoms with Crippen LogP contribution in [0.1, 0.15) is 19.8 Å². The Hall–Kier alpha value is -2.62. The summed E-state index contributed by atoms with van der Waals surface area (Å²) in [6.45, 7) is 2.20. The predicted molar refractivity (Wildman–Crippen MR) is 89.3 cm³/mol. The molecule has 1 saturated heterocycles. The second-order valence-corrected chi connectivity index (χ2v) is 6.68. The summed E-state index contributed by atoms with van der Waals surface area (Å²) in [6.07, 6.45) is -0.491. The van der Waals surface area contributed by atoms with E-state index in [4.69, 9.17) is 0 Å². The number of aliphatic imine (C=N–C) groups is 1. The van der Waals surface area contributed by atoms with E-state index in [0.717, 1.165) is 0 Å². The lowest BCUT2D eigenvalue weighted by Gasteiger charge is -2.44. The van der Waals surface area contributed by atoms with Gasteiger partial charge in [-0.25, -0.2) is 9.59 Å². The van der Waals surface area contributed by atoms with Crippen LogP contribution in [0.5, 0.6) is 0 Å². The molecule has 4 N–H and O–H groups in total.